The minimum Gasteiger partial charge on any atom is -0.316 e. The molecule has 14 heavy (non-hydrogen) atoms. The van der Waals surface area contributed by atoms with E-state index < -0.39 is 0 Å². The Bertz CT molecular complexity index is 331. The van der Waals surface area contributed by atoms with Crippen LogP contribution in [0.1, 0.15) is 10.5 Å². The van der Waals surface area contributed by atoms with E-state index in [9.17, 15) is 0 Å². The van der Waals surface area contributed by atoms with E-state index in [0.717, 1.165) is 13.4 Å². The number of hydrogen-bond donors (Lipinski definition) is 0. The zero-order valence-electron chi connectivity index (χ0n) is 8.39. The Morgan fingerprint density at radius 1 is 1.14 bits per heavy atom. The van der Waals surface area contributed by atoms with Gasteiger partial charge in [-0.25, -0.2) is 0 Å². The van der Waals surface area contributed by atoms with Crippen LogP contribution in [-0.2, 0) is 0 Å². The number of alkyl halides is 1. The summed E-state index contributed by atoms with van der Waals surface area (Å²) in [6, 6.07) is 6.20. The van der Waals surface area contributed by atoms with E-state index >= 15 is 0 Å². The smallest absolute Gasteiger partial charge is 0.170 e. The number of hydrogen-bond acceptors (Lipinski definition) is 0. The van der Waals surface area contributed by atoms with Gasteiger partial charge in [0.05, 0.1) is 21.1 Å². The lowest BCUT2D eigenvalue weighted by Crippen LogP contribution is -2.35. The van der Waals surface area contributed by atoms with E-state index in [1.165, 1.54) is 5.56 Å². The molecule has 0 radical (unpaired) electrons. The number of nitrogens with zero attached hydrogens (tertiary/aromatic N) is 1. The summed E-state index contributed by atoms with van der Waals surface area (Å²) in [6.07, 6.45) is 0. The molecule has 1 aromatic carbocycles. The van der Waals surface area contributed by atoms with E-state index in [0.29, 0.717) is 0 Å². The van der Waals surface area contributed by atoms with E-state index in [4.69, 9.17) is 0 Å². The fourth-order valence-electron chi connectivity index (χ4n) is 1.12. The van der Waals surface area contributed by atoms with Crippen molar-refractivity contribution in [2.24, 2.45) is 0 Å². The van der Waals surface area contributed by atoms with Crippen LogP contribution >= 0.6 is 47.8 Å². The maximum Gasteiger partial charge on any atom is 0.170 e. The van der Waals surface area contributed by atoms with Gasteiger partial charge >= 0.3 is 0 Å². The molecule has 0 spiro atoms. The van der Waals surface area contributed by atoms with Crippen LogP contribution < -0.4 is 0 Å². The quantitative estimate of drug-likeness (QED) is 0.403. The lowest BCUT2D eigenvalue weighted by Gasteiger charge is -2.30. The Morgan fingerprint density at radius 3 is 2.21 bits per heavy atom. The first kappa shape index (κ1) is 12.7. The molecule has 0 heterocycles. The van der Waals surface area contributed by atoms with Crippen LogP contribution in [0.5, 0.6) is 0 Å². The van der Waals surface area contributed by atoms with Crippen LogP contribution in [0.3, 0.4) is 0 Å². The molecule has 0 aliphatic carbocycles. The number of halogens is 3. The van der Waals surface area contributed by atoms with Crippen molar-refractivity contribution in [3.05, 3.63) is 32.7 Å². The lowest BCUT2D eigenvalue weighted by atomic mass is 10.2. The molecule has 1 atom stereocenters. The van der Waals surface area contributed by atoms with Gasteiger partial charge < -0.3 is 4.48 Å². The molecule has 0 aromatic heterocycles. The summed E-state index contributed by atoms with van der Waals surface area (Å²) in [5.41, 5.74) is 1.26. The van der Waals surface area contributed by atoms with Crippen LogP contribution in [-0.4, -0.2) is 25.6 Å². The highest BCUT2D eigenvalue weighted by Crippen LogP contribution is 2.37. The number of quaternary nitrogens is 1. The third kappa shape index (κ3) is 2.81. The molecule has 0 amide bonds. The first-order chi connectivity index (χ1) is 6.34. The summed E-state index contributed by atoms with van der Waals surface area (Å²) in [5, 5.41) is 0. The van der Waals surface area contributed by atoms with Gasteiger partial charge in [0.1, 0.15) is 0 Å². The van der Waals surface area contributed by atoms with Gasteiger partial charge in [-0.1, -0.05) is 12.1 Å². The first-order valence-electron chi connectivity index (χ1n) is 4.23. The highest BCUT2D eigenvalue weighted by atomic mass is 79.9. The van der Waals surface area contributed by atoms with Gasteiger partial charge in [0, 0.05) is 14.5 Å². The van der Waals surface area contributed by atoms with Crippen molar-refractivity contribution in [2.45, 2.75) is 4.95 Å². The minimum absolute atomic E-state index is 0.286. The molecular weight excluding hydrogens is 374 g/mol. The van der Waals surface area contributed by atoms with Crippen molar-refractivity contribution < 1.29 is 4.48 Å². The Hall–Kier alpha value is 0.620. The molecule has 0 fully saturated rings. The fraction of sp³-hybridized carbons (Fsp3) is 0.400. The average Bonchev–Trinajstić information content (AvgIpc) is 2.07. The van der Waals surface area contributed by atoms with E-state index in [1.807, 2.05) is 12.1 Å². The normalized spacial score (nSPS) is 14.1. The van der Waals surface area contributed by atoms with Crippen LogP contribution in [0, 0.1) is 0 Å². The molecule has 0 saturated heterocycles. The molecule has 0 N–H and O–H groups in total. The molecule has 4 heteroatoms. The van der Waals surface area contributed by atoms with Gasteiger partial charge in [0.15, 0.2) is 4.95 Å². The predicted octanol–water partition coefficient (Wildman–Crippen LogP) is 4.31. The molecular formula is C10H13Br3N+. The molecule has 0 bridgehead atoms. The predicted molar refractivity (Wildman–Crippen MR) is 71.5 cm³/mol. The van der Waals surface area contributed by atoms with Crippen LogP contribution in [0.15, 0.2) is 27.1 Å². The Balaban J connectivity index is 3.14. The van der Waals surface area contributed by atoms with Gasteiger partial charge in [0.25, 0.3) is 0 Å². The second kappa shape index (κ2) is 4.64. The molecule has 0 aliphatic heterocycles. The summed E-state index contributed by atoms with van der Waals surface area (Å²) in [5.74, 6) is 0. The summed E-state index contributed by atoms with van der Waals surface area (Å²) < 4.78 is 3.05. The van der Waals surface area contributed by atoms with Crippen LogP contribution in [0.2, 0.25) is 0 Å². The monoisotopic (exact) mass is 384 g/mol. The van der Waals surface area contributed by atoms with Crippen molar-refractivity contribution >= 4 is 47.8 Å². The largest absolute Gasteiger partial charge is 0.316 e. The second-order valence-corrected chi connectivity index (χ2v) is 6.61. The standard InChI is InChI=1S/C10H13Br3N/c1-14(2,3)10(13)7-5-4-6-8(11)9(7)12/h4-6,10H,1-3H3/q+1. The second-order valence-electron chi connectivity index (χ2n) is 4.10. The van der Waals surface area contributed by atoms with Gasteiger partial charge in [-0.15, -0.1) is 0 Å². The fourth-order valence-corrected chi connectivity index (χ4v) is 2.67. The summed E-state index contributed by atoms with van der Waals surface area (Å²) >= 11 is 10.8. The molecule has 0 saturated carbocycles. The van der Waals surface area contributed by atoms with Crippen molar-refractivity contribution in [3.63, 3.8) is 0 Å². The highest BCUT2D eigenvalue weighted by Gasteiger charge is 2.24. The SMILES string of the molecule is C[N+](C)(C)C(Br)c1cccc(Br)c1Br. The lowest BCUT2D eigenvalue weighted by molar-refractivity contribution is -0.884. The number of benzene rings is 1. The third-order valence-electron chi connectivity index (χ3n) is 1.92. The van der Waals surface area contributed by atoms with E-state index in [2.05, 4.69) is 75.0 Å². The zero-order valence-corrected chi connectivity index (χ0v) is 13.1. The van der Waals surface area contributed by atoms with Gasteiger partial charge in [0.2, 0.25) is 0 Å². The molecule has 1 rings (SSSR count). The van der Waals surface area contributed by atoms with E-state index in [-0.39, 0.29) is 4.95 Å². The van der Waals surface area contributed by atoms with Crippen molar-refractivity contribution in [1.29, 1.82) is 0 Å². The van der Waals surface area contributed by atoms with Gasteiger partial charge in [-0.3, -0.25) is 0 Å². The topological polar surface area (TPSA) is 0 Å². The minimum atomic E-state index is 0.286. The van der Waals surface area contributed by atoms with E-state index in [1.54, 1.807) is 0 Å². The maximum atomic E-state index is 3.71. The summed E-state index contributed by atoms with van der Waals surface area (Å²) in [6.45, 7) is 0. The summed E-state index contributed by atoms with van der Waals surface area (Å²) in [7, 11) is 6.48. The molecule has 0 aliphatic rings. The summed E-state index contributed by atoms with van der Waals surface area (Å²) in [4.78, 5) is 0.286. The third-order valence-corrected chi connectivity index (χ3v) is 5.72. The Morgan fingerprint density at radius 2 is 1.71 bits per heavy atom. The van der Waals surface area contributed by atoms with Gasteiger partial charge in [-0.2, -0.15) is 0 Å². The molecule has 1 aromatic rings. The highest BCUT2D eigenvalue weighted by molar-refractivity contribution is 9.13. The Labute approximate surface area is 110 Å². The Kier molecular flexibility index (Phi) is 4.21. The van der Waals surface area contributed by atoms with Crippen molar-refractivity contribution in [2.75, 3.05) is 21.1 Å². The first-order valence-corrected chi connectivity index (χ1v) is 6.73. The van der Waals surface area contributed by atoms with Crippen LogP contribution in [0.4, 0.5) is 0 Å². The molecule has 1 nitrogen and oxygen atoms in total. The zero-order chi connectivity index (χ0) is 10.9. The maximum absolute atomic E-state index is 3.71. The van der Waals surface area contributed by atoms with Crippen LogP contribution in [0.25, 0.3) is 0 Å². The molecule has 78 valence electrons. The van der Waals surface area contributed by atoms with Crippen molar-refractivity contribution in [1.82, 2.24) is 0 Å². The van der Waals surface area contributed by atoms with Crippen molar-refractivity contribution in [3.8, 4) is 0 Å². The molecule has 1 unspecified atom stereocenters. The van der Waals surface area contributed by atoms with Gasteiger partial charge in [-0.05, 0) is 53.9 Å². The number of rotatable bonds is 2. The average molecular weight is 387 g/mol.